The van der Waals surface area contributed by atoms with Crippen molar-refractivity contribution in [3.8, 4) is 0 Å². The van der Waals surface area contributed by atoms with Gasteiger partial charge in [0.1, 0.15) is 5.82 Å². The maximum absolute atomic E-state index is 12.9. The number of nitrogens with zero attached hydrogens (tertiary/aromatic N) is 1. The summed E-state index contributed by atoms with van der Waals surface area (Å²) in [6, 6.07) is 6.11. The molecule has 1 aromatic rings. The van der Waals surface area contributed by atoms with E-state index >= 15 is 0 Å². The Morgan fingerprint density at radius 3 is 2.42 bits per heavy atom. The van der Waals surface area contributed by atoms with Crippen LogP contribution in [0.3, 0.4) is 0 Å². The summed E-state index contributed by atoms with van der Waals surface area (Å²) in [7, 11) is 1.75. The van der Waals surface area contributed by atoms with Gasteiger partial charge in [0.25, 0.3) is 0 Å². The minimum absolute atomic E-state index is 0.0492. The maximum Gasteiger partial charge on any atom is 0.242 e. The van der Waals surface area contributed by atoms with E-state index in [1.807, 2.05) is 6.92 Å². The van der Waals surface area contributed by atoms with Gasteiger partial charge in [-0.1, -0.05) is 12.1 Å². The molecule has 1 fully saturated rings. The van der Waals surface area contributed by atoms with Crippen LogP contribution in [0.5, 0.6) is 0 Å². The van der Waals surface area contributed by atoms with Gasteiger partial charge in [-0.2, -0.15) is 0 Å². The maximum atomic E-state index is 12.9. The van der Waals surface area contributed by atoms with Gasteiger partial charge >= 0.3 is 0 Å². The van der Waals surface area contributed by atoms with E-state index in [-0.39, 0.29) is 17.8 Å². The van der Waals surface area contributed by atoms with Crippen LogP contribution in [0.25, 0.3) is 0 Å². The van der Waals surface area contributed by atoms with E-state index in [1.54, 1.807) is 31.0 Å². The quantitative estimate of drug-likeness (QED) is 0.908. The highest BCUT2D eigenvalue weighted by Crippen LogP contribution is 2.39. The molecule has 1 saturated carbocycles. The molecule has 1 aliphatic rings. The molecule has 2 rings (SSSR count). The first-order chi connectivity index (χ1) is 8.84. The minimum Gasteiger partial charge on any atom is -0.337 e. The summed E-state index contributed by atoms with van der Waals surface area (Å²) < 4.78 is 12.9. The molecule has 0 heterocycles. The molecule has 2 N–H and O–H groups in total. The van der Waals surface area contributed by atoms with E-state index < -0.39 is 5.54 Å². The zero-order valence-corrected chi connectivity index (χ0v) is 11.7. The molecule has 2 atom stereocenters. The SMILES string of the molecule is CC(c1ccc(F)cc1)N(C)C(=O)C(C)(N)C1CC1. The van der Waals surface area contributed by atoms with Crippen molar-refractivity contribution < 1.29 is 9.18 Å². The predicted octanol–water partition coefficient (Wildman–Crippen LogP) is 2.47. The first-order valence-corrected chi connectivity index (χ1v) is 6.65. The Morgan fingerprint density at radius 1 is 1.42 bits per heavy atom. The average Bonchev–Trinajstić information content (AvgIpc) is 3.21. The van der Waals surface area contributed by atoms with Crippen molar-refractivity contribution in [1.29, 1.82) is 0 Å². The summed E-state index contributed by atoms with van der Waals surface area (Å²) in [5.41, 5.74) is 6.27. The number of carbonyl (C=O) groups is 1. The fraction of sp³-hybridized carbons (Fsp3) is 0.533. The Balaban J connectivity index is 2.12. The summed E-state index contributed by atoms with van der Waals surface area (Å²) in [6.45, 7) is 3.73. The van der Waals surface area contributed by atoms with E-state index in [0.717, 1.165) is 18.4 Å². The molecule has 1 aromatic carbocycles. The van der Waals surface area contributed by atoms with E-state index in [4.69, 9.17) is 5.73 Å². The number of hydrogen-bond donors (Lipinski definition) is 1. The second-order valence-corrected chi connectivity index (χ2v) is 5.70. The highest BCUT2D eigenvalue weighted by Gasteiger charge is 2.45. The van der Waals surface area contributed by atoms with Gasteiger partial charge in [0.05, 0.1) is 11.6 Å². The third-order valence-electron chi connectivity index (χ3n) is 4.14. The smallest absolute Gasteiger partial charge is 0.242 e. The number of carbonyl (C=O) groups excluding carboxylic acids is 1. The molecule has 0 saturated heterocycles. The van der Waals surface area contributed by atoms with Gasteiger partial charge in [0.15, 0.2) is 0 Å². The number of rotatable bonds is 4. The molecular weight excluding hydrogens is 243 g/mol. The number of amides is 1. The molecule has 2 unspecified atom stereocenters. The Morgan fingerprint density at radius 2 is 1.95 bits per heavy atom. The minimum atomic E-state index is -0.789. The molecule has 0 bridgehead atoms. The van der Waals surface area contributed by atoms with Crippen molar-refractivity contribution in [1.82, 2.24) is 4.90 Å². The number of halogens is 1. The third kappa shape index (κ3) is 2.78. The molecule has 0 aromatic heterocycles. The second-order valence-electron chi connectivity index (χ2n) is 5.70. The van der Waals surface area contributed by atoms with Crippen LogP contribution in [0.4, 0.5) is 4.39 Å². The molecular formula is C15H21FN2O. The fourth-order valence-electron chi connectivity index (χ4n) is 2.38. The van der Waals surface area contributed by atoms with Crippen LogP contribution in [0.15, 0.2) is 24.3 Å². The molecule has 0 aliphatic heterocycles. The average molecular weight is 264 g/mol. The summed E-state index contributed by atoms with van der Waals surface area (Å²) in [4.78, 5) is 14.1. The van der Waals surface area contributed by atoms with E-state index in [1.165, 1.54) is 12.1 Å². The number of nitrogens with two attached hydrogens (primary N) is 1. The highest BCUT2D eigenvalue weighted by molar-refractivity contribution is 5.86. The Hall–Kier alpha value is -1.42. The van der Waals surface area contributed by atoms with Crippen molar-refractivity contribution >= 4 is 5.91 Å². The summed E-state index contributed by atoms with van der Waals surface area (Å²) in [6.07, 6.45) is 2.05. The lowest BCUT2D eigenvalue weighted by Gasteiger charge is -2.33. The van der Waals surface area contributed by atoms with Crippen molar-refractivity contribution in [2.45, 2.75) is 38.3 Å². The predicted molar refractivity (Wildman–Crippen MR) is 72.9 cm³/mol. The molecule has 104 valence electrons. The molecule has 1 amide bonds. The summed E-state index contributed by atoms with van der Waals surface area (Å²) in [5, 5.41) is 0. The van der Waals surface area contributed by atoms with Crippen molar-refractivity contribution in [3.63, 3.8) is 0 Å². The van der Waals surface area contributed by atoms with Crippen molar-refractivity contribution in [3.05, 3.63) is 35.6 Å². The van der Waals surface area contributed by atoms with Gasteiger partial charge < -0.3 is 10.6 Å². The molecule has 0 radical (unpaired) electrons. The molecule has 1 aliphatic carbocycles. The van der Waals surface area contributed by atoms with Gasteiger partial charge in [0, 0.05) is 7.05 Å². The zero-order chi connectivity index (χ0) is 14.2. The van der Waals surface area contributed by atoms with Crippen LogP contribution < -0.4 is 5.73 Å². The van der Waals surface area contributed by atoms with Crippen LogP contribution in [-0.2, 0) is 4.79 Å². The summed E-state index contributed by atoms with van der Waals surface area (Å²) in [5.74, 6) is -0.0266. The number of hydrogen-bond acceptors (Lipinski definition) is 2. The number of benzene rings is 1. The van der Waals surface area contributed by atoms with Gasteiger partial charge in [-0.15, -0.1) is 0 Å². The van der Waals surface area contributed by atoms with Gasteiger partial charge in [-0.05, 0) is 50.3 Å². The lowest BCUT2D eigenvalue weighted by atomic mass is 9.94. The van der Waals surface area contributed by atoms with Crippen LogP contribution >= 0.6 is 0 Å². The number of likely N-dealkylation sites (N-methyl/N-ethyl adjacent to an activating group) is 1. The van der Waals surface area contributed by atoms with Crippen molar-refractivity contribution in [2.75, 3.05) is 7.05 Å². The first-order valence-electron chi connectivity index (χ1n) is 6.65. The van der Waals surface area contributed by atoms with Crippen LogP contribution in [0.2, 0.25) is 0 Å². The van der Waals surface area contributed by atoms with E-state index in [9.17, 15) is 9.18 Å². The monoisotopic (exact) mass is 264 g/mol. The lowest BCUT2D eigenvalue weighted by Crippen LogP contribution is -2.54. The van der Waals surface area contributed by atoms with E-state index in [2.05, 4.69) is 0 Å². The lowest BCUT2D eigenvalue weighted by molar-refractivity contribution is -0.137. The highest BCUT2D eigenvalue weighted by atomic mass is 19.1. The van der Waals surface area contributed by atoms with Crippen molar-refractivity contribution in [2.24, 2.45) is 11.7 Å². The van der Waals surface area contributed by atoms with Crippen LogP contribution in [0.1, 0.15) is 38.3 Å². The van der Waals surface area contributed by atoms with Crippen LogP contribution in [0, 0.1) is 11.7 Å². The fourth-order valence-corrected chi connectivity index (χ4v) is 2.38. The van der Waals surface area contributed by atoms with Gasteiger partial charge in [0.2, 0.25) is 5.91 Å². The largest absolute Gasteiger partial charge is 0.337 e. The van der Waals surface area contributed by atoms with Crippen LogP contribution in [-0.4, -0.2) is 23.4 Å². The topological polar surface area (TPSA) is 46.3 Å². The van der Waals surface area contributed by atoms with Gasteiger partial charge in [-0.25, -0.2) is 4.39 Å². The van der Waals surface area contributed by atoms with Gasteiger partial charge in [-0.3, -0.25) is 4.79 Å². The normalized spacial score (nSPS) is 19.6. The Kier molecular flexibility index (Phi) is 3.63. The van der Waals surface area contributed by atoms with E-state index in [0.29, 0.717) is 5.92 Å². The molecule has 3 nitrogen and oxygen atoms in total. The standard InChI is InChI=1S/C15H21FN2O/c1-10(11-4-8-13(16)9-5-11)18(3)14(19)15(2,17)12-6-7-12/h4-5,8-10,12H,6-7,17H2,1-3H3. The molecule has 0 spiro atoms. The first kappa shape index (κ1) is 14.0. The molecule has 19 heavy (non-hydrogen) atoms. The Labute approximate surface area is 113 Å². The third-order valence-corrected chi connectivity index (χ3v) is 4.14. The second kappa shape index (κ2) is 4.93. The zero-order valence-electron chi connectivity index (χ0n) is 11.7. The Bertz CT molecular complexity index is 466. The molecule has 4 heteroatoms. The summed E-state index contributed by atoms with van der Waals surface area (Å²) >= 11 is 0.